The summed E-state index contributed by atoms with van der Waals surface area (Å²) in [7, 11) is 0. The van der Waals surface area contributed by atoms with Crippen LogP contribution in [0.25, 0.3) is 0 Å². The number of carbonyl (C=O) groups is 1. The van der Waals surface area contributed by atoms with Gasteiger partial charge in [-0.3, -0.25) is 0 Å². The highest BCUT2D eigenvalue weighted by Gasteiger charge is 2.18. The van der Waals surface area contributed by atoms with E-state index in [0.29, 0.717) is 6.42 Å². The molecule has 1 aromatic carbocycles. The summed E-state index contributed by atoms with van der Waals surface area (Å²) in [5.74, 6) is 0.800. The molecule has 0 aliphatic carbocycles. The molecule has 0 spiro atoms. The van der Waals surface area contributed by atoms with Gasteiger partial charge in [-0.05, 0) is 26.0 Å². The van der Waals surface area contributed by atoms with Crippen molar-refractivity contribution in [2.45, 2.75) is 25.9 Å². The highest BCUT2D eigenvalue weighted by Crippen LogP contribution is 2.19. The minimum Gasteiger partial charge on any atom is -0.487 e. The van der Waals surface area contributed by atoms with Gasteiger partial charge in [0.15, 0.2) is 0 Å². The van der Waals surface area contributed by atoms with E-state index in [1.54, 1.807) is 0 Å². The first-order valence-corrected chi connectivity index (χ1v) is 4.32. The van der Waals surface area contributed by atoms with Gasteiger partial charge in [0.2, 0.25) is 0 Å². The number of carbonyl (C=O) groups excluding carboxylic acids is 1. The van der Waals surface area contributed by atoms with Crippen molar-refractivity contribution in [2.24, 2.45) is 0 Å². The fraction of sp³-hybridized carbons (Fsp3) is 0.364. The van der Waals surface area contributed by atoms with Crippen molar-refractivity contribution < 1.29 is 9.53 Å². The van der Waals surface area contributed by atoms with Crippen LogP contribution < -0.4 is 4.74 Å². The molecule has 0 radical (unpaired) electrons. The molecule has 13 heavy (non-hydrogen) atoms. The SMILES string of the molecule is CC(C)(CC=O)Oc1ccccc1. The second kappa shape index (κ2) is 4.08. The van der Waals surface area contributed by atoms with Gasteiger partial charge in [0.05, 0.1) is 0 Å². The number of hydrogen-bond donors (Lipinski definition) is 0. The fourth-order valence-electron chi connectivity index (χ4n) is 1.05. The van der Waals surface area contributed by atoms with Crippen LogP contribution in [0.4, 0.5) is 0 Å². The van der Waals surface area contributed by atoms with E-state index in [-0.39, 0.29) is 0 Å². The Morgan fingerprint density at radius 1 is 1.31 bits per heavy atom. The van der Waals surface area contributed by atoms with Gasteiger partial charge in [0.1, 0.15) is 17.6 Å². The summed E-state index contributed by atoms with van der Waals surface area (Å²) in [6.07, 6.45) is 1.28. The summed E-state index contributed by atoms with van der Waals surface area (Å²) in [6, 6.07) is 9.51. The Bertz CT molecular complexity index is 265. The summed E-state index contributed by atoms with van der Waals surface area (Å²) in [5, 5.41) is 0. The molecule has 0 aliphatic rings. The average Bonchev–Trinajstić information content (AvgIpc) is 2.04. The van der Waals surface area contributed by atoms with Crippen LogP contribution >= 0.6 is 0 Å². The maximum atomic E-state index is 10.3. The summed E-state index contributed by atoms with van der Waals surface area (Å²) >= 11 is 0. The van der Waals surface area contributed by atoms with E-state index in [1.165, 1.54) is 0 Å². The third-order valence-corrected chi connectivity index (χ3v) is 1.71. The van der Waals surface area contributed by atoms with Crippen LogP contribution in [-0.4, -0.2) is 11.9 Å². The monoisotopic (exact) mass is 178 g/mol. The fourth-order valence-corrected chi connectivity index (χ4v) is 1.05. The molecule has 0 fully saturated rings. The third kappa shape index (κ3) is 3.28. The number of rotatable bonds is 4. The Morgan fingerprint density at radius 3 is 2.46 bits per heavy atom. The smallest absolute Gasteiger partial charge is 0.123 e. The van der Waals surface area contributed by atoms with Crippen molar-refractivity contribution in [2.75, 3.05) is 0 Å². The standard InChI is InChI=1S/C11H14O2/c1-11(2,8-9-12)13-10-6-4-3-5-7-10/h3-7,9H,8H2,1-2H3. The van der Waals surface area contributed by atoms with Crippen LogP contribution in [-0.2, 0) is 4.79 Å². The lowest BCUT2D eigenvalue weighted by atomic mass is 10.1. The van der Waals surface area contributed by atoms with Gasteiger partial charge in [0, 0.05) is 6.42 Å². The number of ether oxygens (including phenoxy) is 1. The maximum Gasteiger partial charge on any atom is 0.123 e. The van der Waals surface area contributed by atoms with E-state index in [2.05, 4.69) is 0 Å². The molecular weight excluding hydrogens is 164 g/mol. The Morgan fingerprint density at radius 2 is 1.92 bits per heavy atom. The van der Waals surface area contributed by atoms with Crippen molar-refractivity contribution in [1.82, 2.24) is 0 Å². The van der Waals surface area contributed by atoms with Crippen LogP contribution in [0.15, 0.2) is 30.3 Å². The number of para-hydroxylation sites is 1. The normalized spacial score (nSPS) is 10.9. The molecule has 0 aliphatic heterocycles. The predicted octanol–water partition coefficient (Wildman–Crippen LogP) is 2.43. The minimum atomic E-state index is -0.414. The van der Waals surface area contributed by atoms with Gasteiger partial charge in [-0.1, -0.05) is 18.2 Å². The predicted molar refractivity (Wildman–Crippen MR) is 51.8 cm³/mol. The molecule has 1 aromatic rings. The highest BCUT2D eigenvalue weighted by atomic mass is 16.5. The van der Waals surface area contributed by atoms with E-state index in [4.69, 9.17) is 4.74 Å². The van der Waals surface area contributed by atoms with Gasteiger partial charge in [-0.2, -0.15) is 0 Å². The first-order chi connectivity index (χ1) is 6.14. The summed E-state index contributed by atoms with van der Waals surface area (Å²) in [6.45, 7) is 3.79. The molecule has 70 valence electrons. The summed E-state index contributed by atoms with van der Waals surface area (Å²) < 4.78 is 5.61. The van der Waals surface area contributed by atoms with Crippen LogP contribution in [0.2, 0.25) is 0 Å². The molecule has 2 nitrogen and oxygen atoms in total. The molecule has 0 aromatic heterocycles. The molecule has 0 saturated heterocycles. The highest BCUT2D eigenvalue weighted by molar-refractivity contribution is 5.51. The van der Waals surface area contributed by atoms with Crippen LogP contribution in [0.3, 0.4) is 0 Å². The van der Waals surface area contributed by atoms with Gasteiger partial charge < -0.3 is 9.53 Å². The van der Waals surface area contributed by atoms with E-state index >= 15 is 0 Å². The molecule has 0 saturated carbocycles. The lowest BCUT2D eigenvalue weighted by Gasteiger charge is -2.23. The average molecular weight is 178 g/mol. The molecule has 1 rings (SSSR count). The zero-order valence-corrected chi connectivity index (χ0v) is 7.99. The minimum absolute atomic E-state index is 0.405. The zero-order chi connectivity index (χ0) is 9.73. The van der Waals surface area contributed by atoms with E-state index in [9.17, 15) is 4.79 Å². The quantitative estimate of drug-likeness (QED) is 0.662. The number of hydrogen-bond acceptors (Lipinski definition) is 2. The maximum absolute atomic E-state index is 10.3. The van der Waals surface area contributed by atoms with E-state index in [1.807, 2.05) is 44.2 Å². The largest absolute Gasteiger partial charge is 0.487 e. The Kier molecular flexibility index (Phi) is 3.07. The number of benzene rings is 1. The van der Waals surface area contributed by atoms with Crippen molar-refractivity contribution in [3.8, 4) is 5.75 Å². The van der Waals surface area contributed by atoms with E-state index < -0.39 is 5.60 Å². The second-order valence-corrected chi connectivity index (χ2v) is 3.55. The van der Waals surface area contributed by atoms with Crippen LogP contribution in [0.1, 0.15) is 20.3 Å². The van der Waals surface area contributed by atoms with Gasteiger partial charge in [-0.25, -0.2) is 0 Å². The number of aldehydes is 1. The topological polar surface area (TPSA) is 26.3 Å². The molecular formula is C11H14O2. The molecule has 0 N–H and O–H groups in total. The second-order valence-electron chi connectivity index (χ2n) is 3.55. The van der Waals surface area contributed by atoms with Gasteiger partial charge in [0.25, 0.3) is 0 Å². The first-order valence-electron chi connectivity index (χ1n) is 4.32. The van der Waals surface area contributed by atoms with E-state index in [0.717, 1.165) is 12.0 Å². The molecule has 0 heterocycles. The molecule has 0 bridgehead atoms. The van der Waals surface area contributed by atoms with Crippen LogP contribution in [0.5, 0.6) is 5.75 Å². The van der Waals surface area contributed by atoms with Crippen molar-refractivity contribution in [3.63, 3.8) is 0 Å². The van der Waals surface area contributed by atoms with Gasteiger partial charge >= 0.3 is 0 Å². The Hall–Kier alpha value is -1.31. The summed E-state index contributed by atoms with van der Waals surface area (Å²) in [4.78, 5) is 10.3. The first kappa shape index (κ1) is 9.78. The summed E-state index contributed by atoms with van der Waals surface area (Å²) in [5.41, 5.74) is -0.414. The molecule has 0 atom stereocenters. The molecule has 0 amide bonds. The third-order valence-electron chi connectivity index (χ3n) is 1.71. The van der Waals surface area contributed by atoms with Gasteiger partial charge in [-0.15, -0.1) is 0 Å². The van der Waals surface area contributed by atoms with Crippen molar-refractivity contribution in [3.05, 3.63) is 30.3 Å². The zero-order valence-electron chi connectivity index (χ0n) is 7.99. The van der Waals surface area contributed by atoms with Crippen molar-refractivity contribution in [1.29, 1.82) is 0 Å². The molecule has 2 heteroatoms. The Labute approximate surface area is 78.5 Å². The van der Waals surface area contributed by atoms with Crippen molar-refractivity contribution >= 4 is 6.29 Å². The van der Waals surface area contributed by atoms with Crippen LogP contribution in [0, 0.1) is 0 Å². The molecule has 0 unspecified atom stereocenters. The lowest BCUT2D eigenvalue weighted by Crippen LogP contribution is -2.28. The Balaban J connectivity index is 2.63. The lowest BCUT2D eigenvalue weighted by molar-refractivity contribution is -0.110.